The van der Waals surface area contributed by atoms with Gasteiger partial charge in [0, 0.05) is 23.7 Å². The Bertz CT molecular complexity index is 1280. The first-order chi connectivity index (χ1) is 16.1. The molecule has 8 nitrogen and oxygen atoms in total. The molecule has 34 heavy (non-hydrogen) atoms. The molecule has 2 aromatic carbocycles. The maximum atomic E-state index is 14.1. The van der Waals surface area contributed by atoms with Gasteiger partial charge in [-0.1, -0.05) is 6.07 Å². The first-order valence-electron chi connectivity index (χ1n) is 10.2. The van der Waals surface area contributed by atoms with Gasteiger partial charge in [0.25, 0.3) is 11.5 Å². The summed E-state index contributed by atoms with van der Waals surface area (Å²) in [4.78, 5) is 28.8. The van der Waals surface area contributed by atoms with Crippen molar-refractivity contribution in [3.63, 3.8) is 0 Å². The molecule has 3 aromatic rings. The molecule has 0 spiro atoms. The second-order valence-electron chi connectivity index (χ2n) is 7.49. The molecule has 0 aliphatic rings. The van der Waals surface area contributed by atoms with Crippen LogP contribution in [0.4, 0.5) is 8.78 Å². The molecule has 0 aliphatic carbocycles. The van der Waals surface area contributed by atoms with Crippen molar-refractivity contribution in [1.82, 2.24) is 14.9 Å². The van der Waals surface area contributed by atoms with E-state index in [0.29, 0.717) is 11.3 Å². The lowest BCUT2D eigenvalue weighted by Gasteiger charge is -2.20. The largest absolute Gasteiger partial charge is 0.473 e. The number of aliphatic hydroxyl groups excluding tert-OH is 2. The van der Waals surface area contributed by atoms with Gasteiger partial charge in [0.1, 0.15) is 28.5 Å². The number of benzene rings is 2. The van der Waals surface area contributed by atoms with E-state index in [0.717, 1.165) is 12.1 Å². The number of rotatable bonds is 8. The minimum Gasteiger partial charge on any atom is -0.473 e. The molecule has 11 heteroatoms. The smallest absolute Gasteiger partial charge is 0.291 e. The van der Waals surface area contributed by atoms with E-state index in [9.17, 15) is 23.5 Å². The molecule has 0 saturated carbocycles. The van der Waals surface area contributed by atoms with Crippen molar-refractivity contribution >= 4 is 21.8 Å². The van der Waals surface area contributed by atoms with Crippen molar-refractivity contribution in [1.29, 1.82) is 0 Å². The monoisotopic (exact) mass is 537 g/mol. The molecular weight excluding hydrogens is 516 g/mol. The van der Waals surface area contributed by atoms with Crippen LogP contribution in [0, 0.1) is 25.5 Å². The highest BCUT2D eigenvalue weighted by molar-refractivity contribution is 9.10. The van der Waals surface area contributed by atoms with Crippen LogP contribution in [0.5, 0.6) is 5.88 Å². The zero-order chi connectivity index (χ0) is 25.0. The predicted octanol–water partition coefficient (Wildman–Crippen LogP) is 2.55. The van der Waals surface area contributed by atoms with Crippen LogP contribution in [-0.4, -0.2) is 44.9 Å². The fourth-order valence-corrected chi connectivity index (χ4v) is 3.53. The van der Waals surface area contributed by atoms with E-state index < -0.39 is 35.8 Å². The highest BCUT2D eigenvalue weighted by Gasteiger charge is 2.20. The summed E-state index contributed by atoms with van der Waals surface area (Å²) >= 11 is 3.18. The zero-order valence-electron chi connectivity index (χ0n) is 18.3. The second kappa shape index (κ2) is 10.9. The van der Waals surface area contributed by atoms with Crippen molar-refractivity contribution in [2.45, 2.75) is 26.6 Å². The standard InChI is InChI=1S/C23H22BrF2N3O5/c1-12-3-4-14(21(32)27-9-17(31)10-30)7-19(12)29-13(2)28-22(33)20(24)23(29)34-11-15-5-6-16(25)8-18(15)26/h3-8,17,30-31H,9-11H2,1-2H3,(H,27,32)/t17-/m0/s1. The minimum absolute atomic E-state index is 0.0130. The SMILES string of the molecule is Cc1ccc(C(=O)NC[C@H](O)CO)cc1-n1c(C)nc(=O)c(Br)c1OCc1ccc(F)cc1F. The number of carbonyl (C=O) groups is 1. The van der Waals surface area contributed by atoms with Gasteiger partial charge >= 0.3 is 0 Å². The molecule has 0 saturated heterocycles. The third-order valence-electron chi connectivity index (χ3n) is 4.97. The average Bonchev–Trinajstić information content (AvgIpc) is 2.80. The fourth-order valence-electron chi connectivity index (χ4n) is 3.15. The van der Waals surface area contributed by atoms with Crippen molar-refractivity contribution in [3.05, 3.63) is 85.4 Å². The average molecular weight is 538 g/mol. The van der Waals surface area contributed by atoms with Crippen LogP contribution >= 0.6 is 15.9 Å². The van der Waals surface area contributed by atoms with Crippen LogP contribution in [0.3, 0.4) is 0 Å². The molecule has 0 radical (unpaired) electrons. The predicted molar refractivity (Wildman–Crippen MR) is 123 cm³/mol. The Labute approximate surface area is 202 Å². The minimum atomic E-state index is -1.10. The first-order valence-corrected chi connectivity index (χ1v) is 11.0. The maximum Gasteiger partial charge on any atom is 0.291 e. The number of amides is 1. The summed E-state index contributed by atoms with van der Waals surface area (Å²) in [6.45, 7) is 2.42. The summed E-state index contributed by atoms with van der Waals surface area (Å²) in [5.41, 5.74) is 0.901. The number of halogens is 3. The number of hydrogen-bond acceptors (Lipinski definition) is 6. The van der Waals surface area contributed by atoms with Crippen molar-refractivity contribution in [3.8, 4) is 11.6 Å². The van der Waals surface area contributed by atoms with Gasteiger partial charge in [-0.05, 0) is 59.6 Å². The molecule has 0 aliphatic heterocycles. The Morgan fingerprint density at radius 2 is 1.97 bits per heavy atom. The normalized spacial score (nSPS) is 11.9. The molecule has 3 N–H and O–H groups in total. The van der Waals surface area contributed by atoms with E-state index in [1.807, 2.05) is 0 Å². The third kappa shape index (κ3) is 5.66. The Hall–Kier alpha value is -3.15. The van der Waals surface area contributed by atoms with Crippen molar-refractivity contribution < 1.29 is 28.5 Å². The topological polar surface area (TPSA) is 114 Å². The Morgan fingerprint density at radius 3 is 2.65 bits per heavy atom. The fraction of sp³-hybridized carbons (Fsp3) is 0.261. The van der Waals surface area contributed by atoms with Gasteiger partial charge in [0.05, 0.1) is 18.4 Å². The number of carbonyl (C=O) groups excluding carboxylic acids is 1. The molecule has 1 heterocycles. The lowest BCUT2D eigenvalue weighted by atomic mass is 10.1. The van der Waals surface area contributed by atoms with Gasteiger partial charge in [0.15, 0.2) is 0 Å². The van der Waals surface area contributed by atoms with E-state index in [-0.39, 0.29) is 40.5 Å². The van der Waals surface area contributed by atoms with E-state index in [4.69, 9.17) is 9.84 Å². The van der Waals surface area contributed by atoms with Gasteiger partial charge in [-0.3, -0.25) is 14.2 Å². The number of nitrogens with zero attached hydrogens (tertiary/aromatic N) is 2. The summed E-state index contributed by atoms with van der Waals surface area (Å²) < 4.78 is 34.6. The van der Waals surface area contributed by atoms with Crippen LogP contribution in [0.2, 0.25) is 0 Å². The summed E-state index contributed by atoms with van der Waals surface area (Å²) in [5.74, 6) is -1.74. The van der Waals surface area contributed by atoms with E-state index in [1.54, 1.807) is 32.0 Å². The summed E-state index contributed by atoms with van der Waals surface area (Å²) in [5, 5.41) is 20.9. The van der Waals surface area contributed by atoms with Gasteiger partial charge in [0.2, 0.25) is 5.88 Å². The molecular formula is C23H22BrF2N3O5. The molecule has 0 unspecified atom stereocenters. The zero-order valence-corrected chi connectivity index (χ0v) is 19.9. The first kappa shape index (κ1) is 25.5. The quantitative estimate of drug-likeness (QED) is 0.407. The number of aromatic nitrogens is 2. The van der Waals surface area contributed by atoms with E-state index in [2.05, 4.69) is 26.2 Å². The second-order valence-corrected chi connectivity index (χ2v) is 8.28. The van der Waals surface area contributed by atoms with Gasteiger partial charge in [-0.25, -0.2) is 8.78 Å². The third-order valence-corrected chi connectivity index (χ3v) is 5.64. The number of ether oxygens (including phenoxy) is 1. The number of aliphatic hydroxyl groups is 2. The summed E-state index contributed by atoms with van der Waals surface area (Å²) in [7, 11) is 0. The molecule has 1 amide bonds. The highest BCUT2D eigenvalue weighted by Crippen LogP contribution is 2.29. The lowest BCUT2D eigenvalue weighted by Crippen LogP contribution is -2.34. The van der Waals surface area contributed by atoms with Crippen LogP contribution < -0.4 is 15.6 Å². The Kier molecular flexibility index (Phi) is 8.13. The van der Waals surface area contributed by atoms with Gasteiger partial charge in [-0.2, -0.15) is 4.98 Å². The van der Waals surface area contributed by atoms with Crippen LogP contribution in [0.15, 0.2) is 45.7 Å². The molecule has 1 atom stereocenters. The molecule has 0 fully saturated rings. The van der Waals surface area contributed by atoms with Crippen LogP contribution in [0.25, 0.3) is 5.69 Å². The van der Waals surface area contributed by atoms with E-state index in [1.165, 1.54) is 10.6 Å². The Morgan fingerprint density at radius 1 is 1.24 bits per heavy atom. The lowest BCUT2D eigenvalue weighted by molar-refractivity contribution is 0.0802. The number of nitrogens with one attached hydrogen (secondary N) is 1. The molecule has 180 valence electrons. The number of aryl methyl sites for hydroxylation is 2. The van der Waals surface area contributed by atoms with Crippen LogP contribution in [0.1, 0.15) is 27.3 Å². The number of hydrogen-bond donors (Lipinski definition) is 3. The summed E-state index contributed by atoms with van der Waals surface area (Å²) in [6.07, 6.45) is -1.10. The molecule has 3 rings (SSSR count). The van der Waals surface area contributed by atoms with Crippen molar-refractivity contribution in [2.24, 2.45) is 0 Å². The Balaban J connectivity index is 2.03. The van der Waals surface area contributed by atoms with Gasteiger partial charge in [-0.15, -0.1) is 0 Å². The summed E-state index contributed by atoms with van der Waals surface area (Å²) in [6, 6.07) is 7.88. The van der Waals surface area contributed by atoms with Gasteiger partial charge < -0.3 is 20.3 Å². The highest BCUT2D eigenvalue weighted by atomic mass is 79.9. The van der Waals surface area contributed by atoms with Crippen LogP contribution in [-0.2, 0) is 6.61 Å². The maximum absolute atomic E-state index is 14.1. The van der Waals surface area contributed by atoms with E-state index >= 15 is 0 Å². The molecule has 0 bridgehead atoms. The molecule has 1 aromatic heterocycles. The van der Waals surface area contributed by atoms with Crippen molar-refractivity contribution in [2.75, 3.05) is 13.2 Å².